The Morgan fingerprint density at radius 1 is 1.22 bits per heavy atom. The van der Waals surface area contributed by atoms with E-state index < -0.39 is 0 Å². The fourth-order valence-corrected chi connectivity index (χ4v) is 3.48. The summed E-state index contributed by atoms with van der Waals surface area (Å²) >= 11 is 0. The third kappa shape index (κ3) is 9.28. The van der Waals surface area contributed by atoms with E-state index in [4.69, 9.17) is 9.73 Å². The Balaban J connectivity index is 0.00000364. The van der Waals surface area contributed by atoms with Crippen LogP contribution in [-0.2, 0) is 11.2 Å². The second kappa shape index (κ2) is 12.6. The van der Waals surface area contributed by atoms with E-state index >= 15 is 0 Å². The molecule has 1 fully saturated rings. The highest BCUT2D eigenvalue weighted by Crippen LogP contribution is 2.22. The molecule has 1 aromatic rings. The van der Waals surface area contributed by atoms with Gasteiger partial charge in [-0.2, -0.15) is 0 Å². The predicted octanol–water partition coefficient (Wildman–Crippen LogP) is 4.59. The maximum atomic E-state index is 5.47. The summed E-state index contributed by atoms with van der Waals surface area (Å²) in [5.74, 6) is 1.82. The third-order valence-electron chi connectivity index (χ3n) is 5.09. The van der Waals surface area contributed by atoms with E-state index in [0.717, 1.165) is 51.1 Å². The van der Waals surface area contributed by atoms with Crippen molar-refractivity contribution in [3.8, 4) is 0 Å². The lowest BCUT2D eigenvalue weighted by Gasteiger charge is -2.28. The first-order chi connectivity index (χ1) is 12.5. The Bertz CT molecular complexity index is 542. The van der Waals surface area contributed by atoms with Crippen LogP contribution < -0.4 is 5.32 Å². The SMILES string of the molecule is CCNC(=NCC(C)(C)Cc1ccccc1)N(C)CCC1CCOCC1.I. The zero-order chi connectivity index (χ0) is 18.8. The molecule has 1 heterocycles. The van der Waals surface area contributed by atoms with Crippen LogP contribution in [0.2, 0.25) is 0 Å². The summed E-state index contributed by atoms with van der Waals surface area (Å²) in [6.07, 6.45) is 4.66. The van der Waals surface area contributed by atoms with Crippen LogP contribution in [0.3, 0.4) is 0 Å². The summed E-state index contributed by atoms with van der Waals surface area (Å²) in [6.45, 7) is 11.4. The molecule has 0 bridgehead atoms. The van der Waals surface area contributed by atoms with Gasteiger partial charge in [0, 0.05) is 39.9 Å². The lowest BCUT2D eigenvalue weighted by molar-refractivity contribution is 0.0625. The fourth-order valence-electron chi connectivity index (χ4n) is 3.48. The van der Waals surface area contributed by atoms with Crippen molar-refractivity contribution in [1.82, 2.24) is 10.2 Å². The molecule has 5 heteroatoms. The van der Waals surface area contributed by atoms with Gasteiger partial charge in [-0.15, -0.1) is 24.0 Å². The molecule has 0 radical (unpaired) electrons. The first-order valence-corrected chi connectivity index (χ1v) is 10.1. The zero-order valence-electron chi connectivity index (χ0n) is 17.5. The lowest BCUT2D eigenvalue weighted by Crippen LogP contribution is -2.40. The van der Waals surface area contributed by atoms with Crippen LogP contribution in [0.25, 0.3) is 0 Å². The number of hydrogen-bond acceptors (Lipinski definition) is 2. The van der Waals surface area contributed by atoms with Gasteiger partial charge in [0.05, 0.1) is 0 Å². The molecule has 0 aliphatic carbocycles. The van der Waals surface area contributed by atoms with E-state index in [1.54, 1.807) is 0 Å². The number of hydrogen-bond donors (Lipinski definition) is 1. The Labute approximate surface area is 183 Å². The van der Waals surface area contributed by atoms with Crippen LogP contribution in [0.15, 0.2) is 35.3 Å². The van der Waals surface area contributed by atoms with Crippen molar-refractivity contribution >= 4 is 29.9 Å². The predicted molar refractivity (Wildman–Crippen MR) is 126 cm³/mol. The smallest absolute Gasteiger partial charge is 0.193 e. The Kier molecular flexibility index (Phi) is 11.3. The molecule has 0 amide bonds. The monoisotopic (exact) mass is 487 g/mol. The molecule has 1 N–H and O–H groups in total. The van der Waals surface area contributed by atoms with Gasteiger partial charge in [0.25, 0.3) is 0 Å². The second-order valence-electron chi connectivity index (χ2n) is 8.26. The van der Waals surface area contributed by atoms with Crippen molar-refractivity contribution in [2.24, 2.45) is 16.3 Å². The molecule has 1 saturated heterocycles. The summed E-state index contributed by atoms with van der Waals surface area (Å²) in [5.41, 5.74) is 1.52. The molecule has 0 unspecified atom stereocenters. The van der Waals surface area contributed by atoms with Crippen molar-refractivity contribution in [3.63, 3.8) is 0 Å². The van der Waals surface area contributed by atoms with E-state index in [0.29, 0.717) is 0 Å². The normalized spacial score (nSPS) is 15.9. The highest BCUT2D eigenvalue weighted by molar-refractivity contribution is 14.0. The summed E-state index contributed by atoms with van der Waals surface area (Å²) in [7, 11) is 2.16. The summed E-state index contributed by atoms with van der Waals surface area (Å²) in [6, 6.07) is 10.7. The summed E-state index contributed by atoms with van der Waals surface area (Å²) < 4.78 is 5.47. The van der Waals surface area contributed by atoms with Gasteiger partial charge in [-0.05, 0) is 49.5 Å². The number of guanidine groups is 1. The van der Waals surface area contributed by atoms with Gasteiger partial charge < -0.3 is 15.0 Å². The Hall–Kier alpha value is -0.820. The zero-order valence-corrected chi connectivity index (χ0v) is 19.9. The number of halogens is 1. The minimum absolute atomic E-state index is 0. The number of rotatable bonds is 8. The van der Waals surface area contributed by atoms with E-state index in [9.17, 15) is 0 Å². The molecule has 4 nitrogen and oxygen atoms in total. The molecule has 1 aliphatic heterocycles. The topological polar surface area (TPSA) is 36.9 Å². The van der Waals surface area contributed by atoms with Crippen LogP contribution in [0.1, 0.15) is 45.6 Å². The standard InChI is InChI=1S/C22H37N3O.HI/c1-5-23-21(25(4)14-11-19-12-15-26-16-13-19)24-18-22(2,3)17-20-9-7-6-8-10-20;/h6-10,19H,5,11-18H2,1-4H3,(H,23,24);1H. The first-order valence-electron chi connectivity index (χ1n) is 10.1. The largest absolute Gasteiger partial charge is 0.381 e. The minimum atomic E-state index is 0. The highest BCUT2D eigenvalue weighted by atomic mass is 127. The molecule has 1 aliphatic rings. The van der Waals surface area contributed by atoms with E-state index in [2.05, 4.69) is 68.4 Å². The van der Waals surface area contributed by atoms with Gasteiger partial charge >= 0.3 is 0 Å². The molecular formula is C22H38IN3O. The summed E-state index contributed by atoms with van der Waals surface area (Å²) in [4.78, 5) is 7.24. The minimum Gasteiger partial charge on any atom is -0.381 e. The molecular weight excluding hydrogens is 449 g/mol. The first kappa shape index (κ1) is 24.2. The molecule has 0 saturated carbocycles. The number of benzene rings is 1. The molecule has 154 valence electrons. The lowest BCUT2D eigenvalue weighted by atomic mass is 9.86. The van der Waals surface area contributed by atoms with Crippen molar-refractivity contribution in [2.45, 2.75) is 46.5 Å². The van der Waals surface area contributed by atoms with Crippen molar-refractivity contribution < 1.29 is 4.74 Å². The van der Waals surface area contributed by atoms with Gasteiger partial charge in [0.2, 0.25) is 0 Å². The van der Waals surface area contributed by atoms with Crippen molar-refractivity contribution in [2.75, 3.05) is 39.9 Å². The van der Waals surface area contributed by atoms with Crippen LogP contribution in [0.4, 0.5) is 0 Å². The molecule has 27 heavy (non-hydrogen) atoms. The average Bonchev–Trinajstić information content (AvgIpc) is 2.64. The number of nitrogens with one attached hydrogen (secondary N) is 1. The second-order valence-corrected chi connectivity index (χ2v) is 8.26. The number of ether oxygens (including phenoxy) is 1. The third-order valence-corrected chi connectivity index (χ3v) is 5.09. The van der Waals surface area contributed by atoms with Gasteiger partial charge in [-0.1, -0.05) is 44.2 Å². The highest BCUT2D eigenvalue weighted by Gasteiger charge is 2.20. The number of nitrogens with zero attached hydrogens (tertiary/aromatic N) is 2. The Morgan fingerprint density at radius 3 is 2.52 bits per heavy atom. The maximum Gasteiger partial charge on any atom is 0.193 e. The van der Waals surface area contributed by atoms with Crippen LogP contribution in [0, 0.1) is 11.3 Å². The van der Waals surface area contributed by atoms with Crippen molar-refractivity contribution in [3.05, 3.63) is 35.9 Å². The van der Waals surface area contributed by atoms with Crippen LogP contribution in [0.5, 0.6) is 0 Å². The van der Waals surface area contributed by atoms with Crippen molar-refractivity contribution in [1.29, 1.82) is 0 Å². The number of aliphatic imine (C=N–C) groups is 1. The van der Waals surface area contributed by atoms with Gasteiger partial charge in [0.15, 0.2) is 5.96 Å². The molecule has 2 rings (SSSR count). The quantitative estimate of drug-likeness (QED) is 0.331. The average molecular weight is 487 g/mol. The van der Waals surface area contributed by atoms with E-state index in [1.807, 2.05) is 0 Å². The van der Waals surface area contributed by atoms with Crippen LogP contribution in [-0.4, -0.2) is 50.8 Å². The summed E-state index contributed by atoms with van der Waals surface area (Å²) in [5, 5.41) is 3.46. The molecule has 0 aromatic heterocycles. The van der Waals surface area contributed by atoms with Gasteiger partial charge in [0.1, 0.15) is 0 Å². The van der Waals surface area contributed by atoms with Crippen LogP contribution >= 0.6 is 24.0 Å². The fraction of sp³-hybridized carbons (Fsp3) is 0.682. The molecule has 0 atom stereocenters. The van der Waals surface area contributed by atoms with E-state index in [1.165, 1.54) is 24.8 Å². The van der Waals surface area contributed by atoms with Gasteiger partial charge in [-0.25, -0.2) is 0 Å². The maximum absolute atomic E-state index is 5.47. The van der Waals surface area contributed by atoms with Gasteiger partial charge in [-0.3, -0.25) is 4.99 Å². The molecule has 0 spiro atoms. The van der Waals surface area contributed by atoms with E-state index in [-0.39, 0.29) is 29.4 Å². The Morgan fingerprint density at radius 2 is 1.89 bits per heavy atom. The molecule has 1 aromatic carbocycles.